The van der Waals surface area contributed by atoms with E-state index in [1.54, 1.807) is 17.5 Å². The van der Waals surface area contributed by atoms with Crippen molar-refractivity contribution in [2.24, 2.45) is 0 Å². The fourth-order valence-corrected chi connectivity index (χ4v) is 2.48. The molecule has 0 aliphatic heterocycles. The number of rotatable bonds is 2. The molecule has 0 atom stereocenters. The number of thiophene rings is 1. The predicted octanol–water partition coefficient (Wildman–Crippen LogP) is 4.62. The Labute approximate surface area is 124 Å². The molecule has 0 radical (unpaired) electrons. The quantitative estimate of drug-likeness (QED) is 0.737. The largest absolute Gasteiger partial charge is 0.416 e. The second kappa shape index (κ2) is 5.49. The molecule has 0 bridgehead atoms. The van der Waals surface area contributed by atoms with Gasteiger partial charge in [0.1, 0.15) is 0 Å². The molecule has 0 aliphatic carbocycles. The molecule has 0 aliphatic rings. The molecule has 19 heavy (non-hydrogen) atoms. The van der Waals surface area contributed by atoms with Gasteiger partial charge in [-0.25, -0.2) is 0 Å². The van der Waals surface area contributed by atoms with E-state index in [1.807, 2.05) is 22.6 Å². The van der Waals surface area contributed by atoms with Crippen LogP contribution in [0.2, 0.25) is 0 Å². The van der Waals surface area contributed by atoms with E-state index in [2.05, 4.69) is 5.32 Å². The summed E-state index contributed by atoms with van der Waals surface area (Å²) in [5.41, 5.74) is -0.622. The number of alkyl halides is 3. The van der Waals surface area contributed by atoms with Crippen LogP contribution in [0.3, 0.4) is 0 Å². The van der Waals surface area contributed by atoms with Gasteiger partial charge in [0.2, 0.25) is 0 Å². The monoisotopic (exact) mass is 397 g/mol. The van der Waals surface area contributed by atoms with Gasteiger partial charge in [-0.15, -0.1) is 11.3 Å². The maximum atomic E-state index is 12.6. The number of nitrogens with one attached hydrogen (secondary N) is 1. The van der Waals surface area contributed by atoms with Crippen LogP contribution in [0.1, 0.15) is 15.2 Å². The molecule has 1 N–H and O–H groups in total. The summed E-state index contributed by atoms with van der Waals surface area (Å²) in [6, 6.07) is 6.57. The van der Waals surface area contributed by atoms with Crippen molar-refractivity contribution in [3.63, 3.8) is 0 Å². The third kappa shape index (κ3) is 3.47. The topological polar surface area (TPSA) is 29.1 Å². The van der Waals surface area contributed by atoms with E-state index < -0.39 is 17.6 Å². The lowest BCUT2D eigenvalue weighted by Crippen LogP contribution is -2.13. The minimum atomic E-state index is -4.42. The first-order valence-electron chi connectivity index (χ1n) is 5.09. The molecular formula is C12H7F3INOS. The standard InChI is InChI=1S/C12H7F3INOS/c13-12(14,15)7-3-4-8(16)9(6-7)17-11(18)10-2-1-5-19-10/h1-6H,(H,17,18). The van der Waals surface area contributed by atoms with Gasteiger partial charge in [-0.2, -0.15) is 13.2 Å². The molecule has 2 nitrogen and oxygen atoms in total. The van der Waals surface area contributed by atoms with Gasteiger partial charge >= 0.3 is 6.18 Å². The molecule has 2 aromatic rings. The van der Waals surface area contributed by atoms with Crippen molar-refractivity contribution < 1.29 is 18.0 Å². The molecule has 7 heteroatoms. The van der Waals surface area contributed by atoms with Crippen LogP contribution in [0, 0.1) is 3.57 Å². The number of hydrogen-bond donors (Lipinski definition) is 1. The van der Waals surface area contributed by atoms with Crippen LogP contribution in [0.25, 0.3) is 0 Å². The second-order valence-electron chi connectivity index (χ2n) is 3.62. The van der Waals surface area contributed by atoms with E-state index in [0.29, 0.717) is 8.45 Å². The summed E-state index contributed by atoms with van der Waals surface area (Å²) in [6.07, 6.45) is -4.42. The van der Waals surface area contributed by atoms with Crippen molar-refractivity contribution in [2.45, 2.75) is 6.18 Å². The van der Waals surface area contributed by atoms with Crippen LogP contribution < -0.4 is 5.32 Å². The van der Waals surface area contributed by atoms with Crippen LogP contribution in [0.4, 0.5) is 18.9 Å². The smallest absolute Gasteiger partial charge is 0.320 e. The maximum absolute atomic E-state index is 12.6. The lowest BCUT2D eigenvalue weighted by atomic mass is 10.2. The summed E-state index contributed by atoms with van der Waals surface area (Å²) >= 11 is 3.11. The fourth-order valence-electron chi connectivity index (χ4n) is 1.39. The third-order valence-electron chi connectivity index (χ3n) is 2.29. The Morgan fingerprint density at radius 2 is 2.00 bits per heavy atom. The normalized spacial score (nSPS) is 11.4. The Kier molecular flexibility index (Phi) is 4.14. The molecule has 0 unspecified atom stereocenters. The van der Waals surface area contributed by atoms with Crippen LogP contribution in [0.5, 0.6) is 0 Å². The molecule has 0 saturated heterocycles. The first-order valence-corrected chi connectivity index (χ1v) is 7.05. The zero-order chi connectivity index (χ0) is 14.0. The van der Waals surface area contributed by atoms with E-state index in [9.17, 15) is 18.0 Å². The Morgan fingerprint density at radius 1 is 1.26 bits per heavy atom. The highest BCUT2D eigenvalue weighted by Gasteiger charge is 2.31. The summed E-state index contributed by atoms with van der Waals surface area (Å²) in [4.78, 5) is 12.3. The molecule has 1 amide bonds. The summed E-state index contributed by atoms with van der Waals surface area (Å²) < 4.78 is 38.3. The summed E-state index contributed by atoms with van der Waals surface area (Å²) in [5.74, 6) is -0.410. The van der Waals surface area contributed by atoms with E-state index in [0.717, 1.165) is 12.1 Å². The van der Waals surface area contributed by atoms with Gasteiger partial charge in [0.15, 0.2) is 0 Å². The molecule has 2 rings (SSSR count). The van der Waals surface area contributed by atoms with Crippen LogP contribution in [-0.2, 0) is 6.18 Å². The second-order valence-corrected chi connectivity index (χ2v) is 5.73. The molecule has 1 heterocycles. The highest BCUT2D eigenvalue weighted by atomic mass is 127. The SMILES string of the molecule is O=C(Nc1cc(C(F)(F)F)ccc1I)c1cccs1. The van der Waals surface area contributed by atoms with Gasteiger partial charge in [0.25, 0.3) is 5.91 Å². The molecule has 0 saturated carbocycles. The van der Waals surface area contributed by atoms with E-state index in [-0.39, 0.29) is 5.69 Å². The molecule has 1 aromatic heterocycles. The minimum Gasteiger partial charge on any atom is -0.320 e. The van der Waals surface area contributed by atoms with Gasteiger partial charge in [-0.3, -0.25) is 4.79 Å². The van der Waals surface area contributed by atoms with Gasteiger partial charge in [-0.1, -0.05) is 6.07 Å². The number of halogens is 4. The third-order valence-corrected chi connectivity index (χ3v) is 4.10. The Morgan fingerprint density at radius 3 is 2.58 bits per heavy atom. The number of carbonyl (C=O) groups excluding carboxylic acids is 1. The van der Waals surface area contributed by atoms with Gasteiger partial charge in [0, 0.05) is 3.57 Å². The van der Waals surface area contributed by atoms with Gasteiger partial charge < -0.3 is 5.32 Å². The highest BCUT2D eigenvalue weighted by Crippen LogP contribution is 2.32. The first-order chi connectivity index (χ1) is 8.88. The summed E-state index contributed by atoms with van der Waals surface area (Å²) in [5, 5.41) is 4.22. The van der Waals surface area contributed by atoms with Gasteiger partial charge in [0.05, 0.1) is 16.1 Å². The van der Waals surface area contributed by atoms with Crippen molar-refractivity contribution in [3.05, 3.63) is 49.7 Å². The molecule has 0 fully saturated rings. The minimum absolute atomic E-state index is 0.161. The zero-order valence-corrected chi connectivity index (χ0v) is 12.3. The van der Waals surface area contributed by atoms with Crippen LogP contribution in [0.15, 0.2) is 35.7 Å². The number of carbonyl (C=O) groups is 1. The predicted molar refractivity (Wildman–Crippen MR) is 76.4 cm³/mol. The highest BCUT2D eigenvalue weighted by molar-refractivity contribution is 14.1. The molecule has 100 valence electrons. The molecule has 0 spiro atoms. The van der Waals surface area contributed by atoms with E-state index in [1.165, 1.54) is 17.4 Å². The lowest BCUT2D eigenvalue weighted by Gasteiger charge is -2.11. The van der Waals surface area contributed by atoms with Crippen molar-refractivity contribution >= 4 is 45.5 Å². The lowest BCUT2D eigenvalue weighted by molar-refractivity contribution is -0.137. The van der Waals surface area contributed by atoms with E-state index >= 15 is 0 Å². The Hall–Kier alpha value is -1.09. The fraction of sp³-hybridized carbons (Fsp3) is 0.0833. The average molecular weight is 397 g/mol. The number of hydrogen-bond acceptors (Lipinski definition) is 2. The first kappa shape index (κ1) is 14.3. The van der Waals surface area contributed by atoms with Gasteiger partial charge in [-0.05, 0) is 52.2 Å². The van der Waals surface area contributed by atoms with Crippen LogP contribution in [-0.4, -0.2) is 5.91 Å². The number of benzene rings is 1. The zero-order valence-electron chi connectivity index (χ0n) is 9.29. The average Bonchev–Trinajstić information content (AvgIpc) is 2.84. The van der Waals surface area contributed by atoms with E-state index in [4.69, 9.17) is 0 Å². The maximum Gasteiger partial charge on any atom is 0.416 e. The molecular weight excluding hydrogens is 390 g/mol. The Bertz CT molecular complexity index is 596. The van der Waals surface area contributed by atoms with Crippen LogP contribution >= 0.6 is 33.9 Å². The van der Waals surface area contributed by atoms with Crippen molar-refractivity contribution in [1.29, 1.82) is 0 Å². The number of anilines is 1. The molecule has 1 aromatic carbocycles. The van der Waals surface area contributed by atoms with Crippen molar-refractivity contribution in [1.82, 2.24) is 0 Å². The number of amides is 1. The Balaban J connectivity index is 2.27. The van der Waals surface area contributed by atoms with Crippen molar-refractivity contribution in [2.75, 3.05) is 5.32 Å². The van der Waals surface area contributed by atoms with Crippen molar-refractivity contribution in [3.8, 4) is 0 Å². The summed E-state index contributed by atoms with van der Waals surface area (Å²) in [6.45, 7) is 0. The summed E-state index contributed by atoms with van der Waals surface area (Å²) in [7, 11) is 0.